The Hall–Kier alpha value is -2.07. The number of phenolic OH excluding ortho intramolecular Hbond substituents is 1. The Morgan fingerprint density at radius 2 is 2.10 bits per heavy atom. The van der Waals surface area contributed by atoms with Gasteiger partial charge in [-0.1, -0.05) is 23.7 Å². The van der Waals surface area contributed by atoms with Crippen molar-refractivity contribution in [1.29, 1.82) is 0 Å². The number of nitrogens with zero attached hydrogens (tertiary/aromatic N) is 2. The predicted molar refractivity (Wildman–Crippen MR) is 79.2 cm³/mol. The molecular weight excluding hydrogens is 276 g/mol. The van der Waals surface area contributed by atoms with Crippen molar-refractivity contribution in [3.63, 3.8) is 0 Å². The summed E-state index contributed by atoms with van der Waals surface area (Å²) in [7, 11) is 1.81. The van der Waals surface area contributed by atoms with Gasteiger partial charge in [0.15, 0.2) is 5.78 Å². The quantitative estimate of drug-likeness (QED) is 0.697. The molecule has 0 fully saturated rings. The summed E-state index contributed by atoms with van der Waals surface area (Å²) in [5.41, 5.74) is 2.92. The van der Waals surface area contributed by atoms with Crippen LogP contribution in [0, 0.1) is 13.8 Å². The lowest BCUT2D eigenvalue weighted by Gasteiger charge is -1.99. The number of aryl methyl sites for hydroxylation is 2. The number of carbonyl (C=O) groups is 1. The maximum Gasteiger partial charge on any atom is 0.189 e. The van der Waals surface area contributed by atoms with Crippen LogP contribution < -0.4 is 0 Å². The standard InChI is InChI=1S/C15H15ClN2O2/c1-9-15(10(2)18(3)17-9)14(20)7-5-11-4-6-13(19)12(16)8-11/h4-8,19H,1-3H3/b7-5-. The van der Waals surface area contributed by atoms with Gasteiger partial charge in [-0.2, -0.15) is 5.10 Å². The molecule has 0 spiro atoms. The molecule has 20 heavy (non-hydrogen) atoms. The summed E-state index contributed by atoms with van der Waals surface area (Å²) in [6, 6.07) is 4.78. The van der Waals surface area contributed by atoms with Crippen molar-refractivity contribution in [3.8, 4) is 5.75 Å². The van der Waals surface area contributed by atoms with Gasteiger partial charge < -0.3 is 5.11 Å². The highest BCUT2D eigenvalue weighted by atomic mass is 35.5. The fourth-order valence-corrected chi connectivity index (χ4v) is 2.20. The second-order valence-electron chi connectivity index (χ2n) is 4.58. The van der Waals surface area contributed by atoms with Gasteiger partial charge in [0.2, 0.25) is 0 Å². The van der Waals surface area contributed by atoms with E-state index in [0.717, 1.165) is 11.3 Å². The molecule has 0 atom stereocenters. The molecule has 0 saturated carbocycles. The molecule has 104 valence electrons. The molecule has 0 saturated heterocycles. The molecular formula is C15H15ClN2O2. The summed E-state index contributed by atoms with van der Waals surface area (Å²) >= 11 is 5.82. The molecule has 2 aromatic rings. The SMILES string of the molecule is Cc1nn(C)c(C)c1C(=O)/C=C\c1ccc(O)c(Cl)c1. The maximum atomic E-state index is 12.2. The van der Waals surface area contributed by atoms with Crippen molar-refractivity contribution in [2.45, 2.75) is 13.8 Å². The largest absolute Gasteiger partial charge is 0.506 e. The van der Waals surface area contributed by atoms with E-state index >= 15 is 0 Å². The number of rotatable bonds is 3. The van der Waals surface area contributed by atoms with Crippen molar-refractivity contribution < 1.29 is 9.90 Å². The number of ketones is 1. The summed E-state index contributed by atoms with van der Waals surface area (Å²) in [5, 5.41) is 13.8. The Morgan fingerprint density at radius 3 is 2.65 bits per heavy atom. The van der Waals surface area contributed by atoms with E-state index in [1.54, 1.807) is 22.9 Å². The van der Waals surface area contributed by atoms with Gasteiger partial charge in [-0.3, -0.25) is 9.48 Å². The third-order valence-electron chi connectivity index (χ3n) is 3.15. The third-order valence-corrected chi connectivity index (χ3v) is 3.46. The zero-order valence-corrected chi connectivity index (χ0v) is 12.3. The number of aromatic hydroxyl groups is 1. The molecule has 4 nitrogen and oxygen atoms in total. The zero-order chi connectivity index (χ0) is 14.9. The van der Waals surface area contributed by atoms with Crippen molar-refractivity contribution >= 4 is 23.5 Å². The maximum absolute atomic E-state index is 12.2. The number of carbonyl (C=O) groups excluding carboxylic acids is 1. The summed E-state index contributed by atoms with van der Waals surface area (Å²) in [6.07, 6.45) is 3.15. The van der Waals surface area contributed by atoms with Crippen LogP contribution in [0.15, 0.2) is 24.3 Å². The minimum Gasteiger partial charge on any atom is -0.506 e. The van der Waals surface area contributed by atoms with E-state index in [1.807, 2.05) is 20.9 Å². The molecule has 0 radical (unpaired) electrons. The monoisotopic (exact) mass is 290 g/mol. The number of hydrogen-bond acceptors (Lipinski definition) is 3. The molecule has 1 heterocycles. The lowest BCUT2D eigenvalue weighted by Crippen LogP contribution is -1.99. The van der Waals surface area contributed by atoms with Crippen molar-refractivity contribution in [1.82, 2.24) is 9.78 Å². The number of halogens is 1. The van der Waals surface area contributed by atoms with Crippen molar-refractivity contribution in [3.05, 3.63) is 51.8 Å². The number of hydrogen-bond donors (Lipinski definition) is 1. The van der Waals surface area contributed by atoms with Crippen LogP contribution in [-0.2, 0) is 7.05 Å². The molecule has 0 aliphatic carbocycles. The molecule has 1 aromatic heterocycles. The number of phenols is 1. The molecule has 2 rings (SSSR count). The Bertz CT molecular complexity index is 702. The van der Waals surface area contributed by atoms with E-state index < -0.39 is 0 Å². The van der Waals surface area contributed by atoms with Gasteiger partial charge in [-0.15, -0.1) is 0 Å². The number of benzene rings is 1. The predicted octanol–water partition coefficient (Wildman–Crippen LogP) is 3.29. The van der Waals surface area contributed by atoms with E-state index in [1.165, 1.54) is 12.1 Å². The van der Waals surface area contributed by atoms with Crippen molar-refractivity contribution in [2.24, 2.45) is 7.05 Å². The summed E-state index contributed by atoms with van der Waals surface area (Å²) in [6.45, 7) is 3.67. The number of aromatic nitrogens is 2. The van der Waals surface area contributed by atoms with Crippen LogP contribution in [-0.4, -0.2) is 20.7 Å². The Labute approximate surface area is 122 Å². The summed E-state index contributed by atoms with van der Waals surface area (Å²) in [5.74, 6) is -0.0774. The first-order chi connectivity index (χ1) is 9.40. The molecule has 0 bridgehead atoms. The first-order valence-corrected chi connectivity index (χ1v) is 6.49. The summed E-state index contributed by atoms with van der Waals surface area (Å²) in [4.78, 5) is 12.2. The minimum absolute atomic E-state index is 0.0223. The molecule has 1 N–H and O–H groups in total. The Balaban J connectivity index is 2.27. The van der Waals surface area contributed by atoms with Gasteiger partial charge in [0.1, 0.15) is 5.75 Å². The van der Waals surface area contributed by atoms with E-state index in [4.69, 9.17) is 11.6 Å². The summed E-state index contributed by atoms with van der Waals surface area (Å²) < 4.78 is 1.69. The highest BCUT2D eigenvalue weighted by Crippen LogP contribution is 2.24. The van der Waals surface area contributed by atoms with E-state index in [0.29, 0.717) is 11.3 Å². The van der Waals surface area contributed by atoms with Gasteiger partial charge in [0.05, 0.1) is 16.3 Å². The zero-order valence-electron chi connectivity index (χ0n) is 11.5. The lowest BCUT2D eigenvalue weighted by atomic mass is 10.1. The van der Waals surface area contributed by atoms with Gasteiger partial charge in [-0.25, -0.2) is 0 Å². The first kappa shape index (κ1) is 14.3. The van der Waals surface area contributed by atoms with Crippen LogP contribution in [0.5, 0.6) is 5.75 Å². The smallest absolute Gasteiger partial charge is 0.189 e. The van der Waals surface area contributed by atoms with Crippen LogP contribution >= 0.6 is 11.6 Å². The molecule has 0 unspecified atom stereocenters. The van der Waals surface area contributed by atoms with E-state index in [9.17, 15) is 9.90 Å². The highest BCUT2D eigenvalue weighted by Gasteiger charge is 2.14. The van der Waals surface area contributed by atoms with Crippen LogP contribution in [0.3, 0.4) is 0 Å². The van der Waals surface area contributed by atoms with Crippen LogP contribution in [0.2, 0.25) is 5.02 Å². The third kappa shape index (κ3) is 2.75. The van der Waals surface area contributed by atoms with Gasteiger partial charge >= 0.3 is 0 Å². The molecule has 5 heteroatoms. The lowest BCUT2D eigenvalue weighted by molar-refractivity contribution is 0.104. The Morgan fingerprint density at radius 1 is 1.40 bits per heavy atom. The van der Waals surface area contributed by atoms with Crippen molar-refractivity contribution in [2.75, 3.05) is 0 Å². The van der Waals surface area contributed by atoms with Crippen LogP contribution in [0.4, 0.5) is 0 Å². The average molecular weight is 291 g/mol. The second-order valence-corrected chi connectivity index (χ2v) is 4.99. The molecule has 1 aromatic carbocycles. The van der Waals surface area contributed by atoms with E-state index in [2.05, 4.69) is 5.10 Å². The number of allylic oxidation sites excluding steroid dienone is 1. The van der Waals surface area contributed by atoms with Crippen LogP contribution in [0.1, 0.15) is 27.3 Å². The van der Waals surface area contributed by atoms with Gasteiger partial charge in [0.25, 0.3) is 0 Å². The first-order valence-electron chi connectivity index (χ1n) is 6.11. The van der Waals surface area contributed by atoms with Crippen LogP contribution in [0.25, 0.3) is 6.08 Å². The topological polar surface area (TPSA) is 55.1 Å². The molecule has 0 aliphatic heterocycles. The molecule has 0 amide bonds. The molecule has 0 aliphatic rings. The fraction of sp³-hybridized carbons (Fsp3) is 0.200. The van der Waals surface area contributed by atoms with Gasteiger partial charge in [0, 0.05) is 12.7 Å². The van der Waals surface area contributed by atoms with Gasteiger partial charge in [-0.05, 0) is 37.6 Å². The average Bonchev–Trinajstić information content (AvgIpc) is 2.64. The van der Waals surface area contributed by atoms with E-state index in [-0.39, 0.29) is 16.6 Å². The highest BCUT2D eigenvalue weighted by molar-refractivity contribution is 6.32. The fourth-order valence-electron chi connectivity index (χ4n) is 2.01. The second kappa shape index (κ2) is 5.51. The Kier molecular flexibility index (Phi) is 3.95. The normalized spacial score (nSPS) is 11.2. The minimum atomic E-state index is -0.0997.